The van der Waals surface area contributed by atoms with Crippen LogP contribution in [-0.2, 0) is 16.4 Å². The van der Waals surface area contributed by atoms with Gasteiger partial charge in [0, 0.05) is 36.8 Å². The Labute approximate surface area is 99.7 Å². The highest BCUT2D eigenvalue weighted by atomic mass is 32.2. The Balaban J connectivity index is 1.84. The van der Waals surface area contributed by atoms with Crippen molar-refractivity contribution < 1.29 is 8.42 Å². The molecular weight excluding hydrogens is 240 g/mol. The number of nitrogens with one attached hydrogen (secondary N) is 1. The Morgan fingerprint density at radius 2 is 2.24 bits per heavy atom. The Morgan fingerprint density at radius 3 is 2.88 bits per heavy atom. The highest BCUT2D eigenvalue weighted by Gasteiger charge is 2.20. The normalized spacial score (nSPS) is 21.8. The number of pyridine rings is 1. The minimum atomic E-state index is -3.01. The van der Waals surface area contributed by atoms with E-state index in [0.717, 1.165) is 0 Å². The summed E-state index contributed by atoms with van der Waals surface area (Å²) in [5.41, 5.74) is -0.0520. The summed E-state index contributed by atoms with van der Waals surface area (Å²) in [5.74, 6) is 0.108. The molecule has 0 bridgehead atoms. The smallest absolute Gasteiger partial charge is 0.250 e. The summed E-state index contributed by atoms with van der Waals surface area (Å²) in [6.45, 7) is 1.10. The number of sulfone groups is 1. The highest BCUT2D eigenvalue weighted by Crippen LogP contribution is 2.07. The van der Waals surface area contributed by atoms with Gasteiger partial charge in [0.25, 0.3) is 5.56 Å². The average Bonchev–Trinajstić information content (AvgIpc) is 2.61. The van der Waals surface area contributed by atoms with Gasteiger partial charge in [-0.05, 0) is 6.07 Å². The number of rotatable bonds is 4. The first-order valence-electron chi connectivity index (χ1n) is 5.37. The maximum atomic E-state index is 11.4. The second-order valence-electron chi connectivity index (χ2n) is 3.95. The van der Waals surface area contributed by atoms with Gasteiger partial charge in [0.2, 0.25) is 0 Å². The number of hydrogen-bond acceptors (Lipinski definition) is 4. The van der Waals surface area contributed by atoms with E-state index in [2.05, 4.69) is 5.32 Å². The van der Waals surface area contributed by atoms with Crippen molar-refractivity contribution in [3.05, 3.63) is 46.2 Å². The van der Waals surface area contributed by atoms with Gasteiger partial charge in [0.15, 0.2) is 9.84 Å². The van der Waals surface area contributed by atoms with E-state index in [9.17, 15) is 13.2 Å². The SMILES string of the molecule is O=c1ccccn1CCNC1C=CS(=O)(=O)C1. The van der Waals surface area contributed by atoms with E-state index in [-0.39, 0.29) is 17.4 Å². The third-order valence-electron chi connectivity index (χ3n) is 2.59. The molecule has 1 N–H and O–H groups in total. The molecular formula is C11H14N2O3S. The van der Waals surface area contributed by atoms with E-state index in [4.69, 9.17) is 0 Å². The fourth-order valence-electron chi connectivity index (χ4n) is 1.72. The molecule has 0 aliphatic carbocycles. The van der Waals surface area contributed by atoms with Crippen LogP contribution in [0.4, 0.5) is 0 Å². The van der Waals surface area contributed by atoms with Crippen molar-refractivity contribution in [1.82, 2.24) is 9.88 Å². The molecule has 0 saturated heterocycles. The molecule has 1 aromatic rings. The monoisotopic (exact) mass is 254 g/mol. The van der Waals surface area contributed by atoms with Crippen molar-refractivity contribution in [2.24, 2.45) is 0 Å². The van der Waals surface area contributed by atoms with Crippen LogP contribution >= 0.6 is 0 Å². The molecule has 0 amide bonds. The lowest BCUT2D eigenvalue weighted by Crippen LogP contribution is -2.34. The summed E-state index contributed by atoms with van der Waals surface area (Å²) in [6, 6.07) is 4.85. The Hall–Kier alpha value is -1.40. The zero-order valence-electron chi connectivity index (χ0n) is 9.24. The summed E-state index contributed by atoms with van der Waals surface area (Å²) in [6.07, 6.45) is 3.36. The predicted molar refractivity (Wildman–Crippen MR) is 65.4 cm³/mol. The summed E-state index contributed by atoms with van der Waals surface area (Å²) < 4.78 is 23.9. The van der Waals surface area contributed by atoms with E-state index < -0.39 is 9.84 Å². The molecule has 17 heavy (non-hydrogen) atoms. The maximum absolute atomic E-state index is 11.4. The van der Waals surface area contributed by atoms with Crippen LogP contribution in [0.5, 0.6) is 0 Å². The van der Waals surface area contributed by atoms with Gasteiger partial charge >= 0.3 is 0 Å². The van der Waals surface area contributed by atoms with Gasteiger partial charge in [-0.1, -0.05) is 12.1 Å². The highest BCUT2D eigenvalue weighted by molar-refractivity contribution is 7.94. The zero-order valence-corrected chi connectivity index (χ0v) is 10.1. The van der Waals surface area contributed by atoms with Crippen molar-refractivity contribution in [2.75, 3.05) is 12.3 Å². The third-order valence-corrected chi connectivity index (χ3v) is 3.98. The van der Waals surface area contributed by atoms with Crippen molar-refractivity contribution >= 4 is 9.84 Å². The first-order valence-corrected chi connectivity index (χ1v) is 7.08. The minimum absolute atomic E-state index is 0.0520. The quantitative estimate of drug-likeness (QED) is 0.804. The predicted octanol–water partition coefficient (Wildman–Crippen LogP) is -0.251. The van der Waals surface area contributed by atoms with Gasteiger partial charge in [0.1, 0.15) is 0 Å². The van der Waals surface area contributed by atoms with Crippen LogP contribution in [0.25, 0.3) is 0 Å². The third kappa shape index (κ3) is 3.28. The topological polar surface area (TPSA) is 68.2 Å². The van der Waals surface area contributed by atoms with Gasteiger partial charge in [-0.3, -0.25) is 4.79 Å². The standard InChI is InChI=1S/C11H14N2O3S/c14-11-3-1-2-6-13(11)7-5-12-10-4-8-17(15,16)9-10/h1-4,6,8,10,12H,5,7,9H2. The fourth-order valence-corrected chi connectivity index (χ4v) is 2.99. The number of hydrogen-bond donors (Lipinski definition) is 1. The molecule has 5 nitrogen and oxygen atoms in total. The first kappa shape index (κ1) is 12.1. The molecule has 0 fully saturated rings. The average molecular weight is 254 g/mol. The van der Waals surface area contributed by atoms with Gasteiger partial charge in [-0.15, -0.1) is 0 Å². The summed E-state index contributed by atoms with van der Waals surface area (Å²) in [7, 11) is -3.01. The second kappa shape index (κ2) is 4.85. The first-order chi connectivity index (χ1) is 8.07. The fraction of sp³-hybridized carbons (Fsp3) is 0.364. The van der Waals surface area contributed by atoms with Gasteiger partial charge < -0.3 is 9.88 Å². The molecule has 0 saturated carbocycles. The largest absolute Gasteiger partial charge is 0.314 e. The zero-order chi connectivity index (χ0) is 12.3. The molecule has 1 aromatic heterocycles. The van der Waals surface area contributed by atoms with Crippen LogP contribution in [0.1, 0.15) is 0 Å². The van der Waals surface area contributed by atoms with E-state index in [1.165, 1.54) is 11.5 Å². The molecule has 2 heterocycles. The van der Waals surface area contributed by atoms with E-state index >= 15 is 0 Å². The van der Waals surface area contributed by atoms with Crippen LogP contribution in [0.15, 0.2) is 40.7 Å². The number of aromatic nitrogens is 1. The van der Waals surface area contributed by atoms with E-state index in [0.29, 0.717) is 13.1 Å². The molecule has 6 heteroatoms. The number of nitrogens with zero attached hydrogens (tertiary/aromatic N) is 1. The molecule has 92 valence electrons. The molecule has 1 aliphatic heterocycles. The molecule has 0 radical (unpaired) electrons. The lowest BCUT2D eigenvalue weighted by atomic mass is 10.3. The van der Waals surface area contributed by atoms with Gasteiger partial charge in [-0.2, -0.15) is 0 Å². The van der Waals surface area contributed by atoms with E-state index in [1.54, 1.807) is 29.0 Å². The second-order valence-corrected chi connectivity index (χ2v) is 5.88. The summed E-state index contributed by atoms with van der Waals surface area (Å²) in [4.78, 5) is 11.4. The molecule has 1 atom stereocenters. The Kier molecular flexibility index (Phi) is 3.44. The van der Waals surface area contributed by atoms with Crippen molar-refractivity contribution in [2.45, 2.75) is 12.6 Å². The lowest BCUT2D eigenvalue weighted by molar-refractivity contribution is 0.555. The van der Waals surface area contributed by atoms with Gasteiger partial charge in [0.05, 0.1) is 5.75 Å². The summed E-state index contributed by atoms with van der Waals surface area (Å²) >= 11 is 0. The van der Waals surface area contributed by atoms with Gasteiger partial charge in [-0.25, -0.2) is 8.42 Å². The molecule has 1 aliphatic rings. The Bertz CT molecular complexity index is 574. The van der Waals surface area contributed by atoms with Crippen LogP contribution in [0.3, 0.4) is 0 Å². The maximum Gasteiger partial charge on any atom is 0.250 e. The van der Waals surface area contributed by atoms with Crippen LogP contribution in [-0.4, -0.2) is 31.3 Å². The summed E-state index contributed by atoms with van der Waals surface area (Å²) in [5, 5.41) is 4.32. The van der Waals surface area contributed by atoms with Crippen LogP contribution in [0, 0.1) is 0 Å². The molecule has 0 aromatic carbocycles. The van der Waals surface area contributed by atoms with Crippen LogP contribution in [0.2, 0.25) is 0 Å². The van der Waals surface area contributed by atoms with Crippen molar-refractivity contribution in [3.63, 3.8) is 0 Å². The molecule has 2 rings (SSSR count). The molecule has 1 unspecified atom stereocenters. The Morgan fingerprint density at radius 1 is 1.41 bits per heavy atom. The van der Waals surface area contributed by atoms with Crippen molar-refractivity contribution in [1.29, 1.82) is 0 Å². The minimum Gasteiger partial charge on any atom is -0.314 e. The lowest BCUT2D eigenvalue weighted by Gasteiger charge is -2.10. The van der Waals surface area contributed by atoms with Crippen molar-refractivity contribution in [3.8, 4) is 0 Å². The van der Waals surface area contributed by atoms with E-state index in [1.807, 2.05) is 0 Å². The molecule has 0 spiro atoms. The van der Waals surface area contributed by atoms with Crippen LogP contribution < -0.4 is 10.9 Å².